The largest absolute Gasteiger partial charge is 0.497 e. The van der Waals surface area contributed by atoms with Crippen LogP contribution in [0.5, 0.6) is 11.5 Å². The van der Waals surface area contributed by atoms with Crippen LogP contribution in [0.15, 0.2) is 168 Å². The van der Waals surface area contributed by atoms with Crippen LogP contribution in [-0.2, 0) is 31.3 Å². The summed E-state index contributed by atoms with van der Waals surface area (Å²) >= 11 is 1.50. The van der Waals surface area contributed by atoms with Gasteiger partial charge >= 0.3 is 5.97 Å². The molecular formula is C54H59NO6S2. The SMILES string of the molecule is CCCCC1(CC)CC(c2ccccc2)c2cc(SC)c(OC[C@H](NC(c3ccccc3)(c3ccccc3)c3ccccc3)C(=O)OC)cc2S(=O)(=O)C1Cc1ccc(OC)cc1. The number of unbranched alkanes of at least 4 members (excludes halogenated alkanes) is 1. The molecule has 0 saturated heterocycles. The smallest absolute Gasteiger partial charge is 0.326 e. The summed E-state index contributed by atoms with van der Waals surface area (Å²) in [6.07, 6.45) is 6.40. The van der Waals surface area contributed by atoms with Crippen LogP contribution in [0.4, 0.5) is 0 Å². The summed E-state index contributed by atoms with van der Waals surface area (Å²) in [5.74, 6) is 0.436. The van der Waals surface area contributed by atoms with Crippen molar-refractivity contribution >= 4 is 27.6 Å². The molecular weight excluding hydrogens is 823 g/mol. The molecule has 3 unspecified atom stereocenters. The van der Waals surface area contributed by atoms with Crippen LogP contribution in [-0.4, -0.2) is 52.8 Å². The molecule has 328 valence electrons. The highest BCUT2D eigenvalue weighted by Crippen LogP contribution is 2.54. The van der Waals surface area contributed by atoms with Gasteiger partial charge in [-0.1, -0.05) is 160 Å². The molecule has 1 N–H and O–H groups in total. The number of hydrogen-bond donors (Lipinski definition) is 1. The molecule has 63 heavy (non-hydrogen) atoms. The fraction of sp³-hybridized carbons (Fsp3) is 0.315. The Bertz CT molecular complexity index is 2420. The minimum absolute atomic E-state index is 0.139. The van der Waals surface area contributed by atoms with E-state index < -0.39 is 38.1 Å². The van der Waals surface area contributed by atoms with Crippen molar-refractivity contribution in [1.29, 1.82) is 0 Å². The predicted molar refractivity (Wildman–Crippen MR) is 255 cm³/mol. The molecule has 7 rings (SSSR count). The molecule has 6 aromatic carbocycles. The molecule has 0 spiro atoms. The number of carbonyl (C=O) groups is 1. The van der Waals surface area contributed by atoms with Gasteiger partial charge in [0, 0.05) is 16.9 Å². The highest BCUT2D eigenvalue weighted by Gasteiger charge is 2.51. The topological polar surface area (TPSA) is 90.9 Å². The third-order valence-electron chi connectivity index (χ3n) is 13.1. The molecule has 0 radical (unpaired) electrons. The molecule has 4 atom stereocenters. The van der Waals surface area contributed by atoms with Gasteiger partial charge in [0.15, 0.2) is 9.84 Å². The second-order valence-electron chi connectivity index (χ2n) is 16.5. The molecule has 9 heteroatoms. The van der Waals surface area contributed by atoms with Crippen molar-refractivity contribution in [3.8, 4) is 11.5 Å². The lowest BCUT2D eigenvalue weighted by molar-refractivity contribution is -0.144. The number of methoxy groups -OCH3 is 2. The van der Waals surface area contributed by atoms with Crippen LogP contribution < -0.4 is 14.8 Å². The van der Waals surface area contributed by atoms with Crippen LogP contribution in [0.1, 0.15) is 85.3 Å². The first kappa shape index (κ1) is 45.7. The molecule has 1 heterocycles. The minimum atomic E-state index is -4.00. The Morgan fingerprint density at radius 1 is 0.794 bits per heavy atom. The second kappa shape index (κ2) is 20.4. The van der Waals surface area contributed by atoms with Gasteiger partial charge in [0.05, 0.1) is 29.9 Å². The third kappa shape index (κ3) is 9.47. The highest BCUT2D eigenvalue weighted by molar-refractivity contribution is 7.98. The van der Waals surface area contributed by atoms with Crippen LogP contribution >= 0.6 is 11.8 Å². The Morgan fingerprint density at radius 3 is 1.84 bits per heavy atom. The first-order valence-electron chi connectivity index (χ1n) is 21.9. The molecule has 1 aliphatic heterocycles. The van der Waals surface area contributed by atoms with E-state index in [1.165, 1.54) is 18.9 Å². The lowest BCUT2D eigenvalue weighted by Gasteiger charge is -2.40. The number of nitrogens with one attached hydrogen (secondary N) is 1. The lowest BCUT2D eigenvalue weighted by Crippen LogP contribution is -2.55. The van der Waals surface area contributed by atoms with E-state index >= 15 is 8.42 Å². The van der Waals surface area contributed by atoms with Crippen LogP contribution in [0, 0.1) is 5.41 Å². The van der Waals surface area contributed by atoms with Gasteiger partial charge in [-0.25, -0.2) is 8.42 Å². The van der Waals surface area contributed by atoms with Crippen molar-refractivity contribution in [1.82, 2.24) is 5.32 Å². The molecule has 1 aliphatic rings. The maximum Gasteiger partial charge on any atom is 0.326 e. The average Bonchev–Trinajstić information content (AvgIpc) is 3.41. The van der Waals surface area contributed by atoms with E-state index in [1.54, 1.807) is 13.2 Å². The second-order valence-corrected chi connectivity index (χ2v) is 19.4. The summed E-state index contributed by atoms with van der Waals surface area (Å²) in [6, 6.07) is 51.0. The Kier molecular flexibility index (Phi) is 14.8. The number of sulfone groups is 1. The monoisotopic (exact) mass is 881 g/mol. The first-order chi connectivity index (χ1) is 30.6. The normalized spacial score (nSPS) is 18.7. The van der Waals surface area contributed by atoms with E-state index in [1.807, 2.05) is 146 Å². The zero-order valence-electron chi connectivity index (χ0n) is 37.0. The zero-order chi connectivity index (χ0) is 44.5. The van der Waals surface area contributed by atoms with Crippen LogP contribution in [0.3, 0.4) is 0 Å². The first-order valence-corrected chi connectivity index (χ1v) is 24.7. The van der Waals surface area contributed by atoms with E-state index in [4.69, 9.17) is 14.2 Å². The standard InChI is InChI=1S/C54H59NO6S2/c1-6-8-33-53(7-2)37-46(40-21-13-9-14-22-40)45-35-49(62-5)48(36-50(45)63(57,58)51(53)34-39-29-31-44(59-3)32-30-39)61-38-47(52(56)60-4)55-54(41-23-15-10-16-24-41,42-25-17-11-18-26-42)43-27-19-12-20-28-43/h9-32,35-36,46-47,51,55H,6-8,33-34,37-38H2,1-5H3/t46?,47-,51?,53?/m0/s1. The van der Waals surface area contributed by atoms with Crippen LogP contribution in [0.2, 0.25) is 0 Å². The molecule has 0 amide bonds. The van der Waals surface area contributed by atoms with Gasteiger partial charge in [-0.2, -0.15) is 0 Å². The van der Waals surface area contributed by atoms with Crippen molar-refractivity contribution in [3.05, 3.63) is 191 Å². The average molecular weight is 882 g/mol. The Balaban J connectivity index is 1.36. The molecule has 0 aromatic heterocycles. The number of thioether (sulfide) groups is 1. The van der Waals surface area contributed by atoms with Gasteiger partial charge in [-0.05, 0) is 88.9 Å². The van der Waals surface area contributed by atoms with E-state index in [-0.39, 0.29) is 17.4 Å². The number of benzene rings is 6. The summed E-state index contributed by atoms with van der Waals surface area (Å²) in [5, 5.41) is 3.03. The van der Waals surface area contributed by atoms with E-state index in [0.29, 0.717) is 25.0 Å². The fourth-order valence-corrected chi connectivity index (χ4v) is 12.8. The van der Waals surface area contributed by atoms with Crippen LogP contribution in [0.25, 0.3) is 0 Å². The van der Waals surface area contributed by atoms with Gasteiger partial charge in [-0.3, -0.25) is 10.1 Å². The summed E-state index contributed by atoms with van der Waals surface area (Å²) in [7, 11) is -0.986. The van der Waals surface area contributed by atoms with E-state index in [2.05, 4.69) is 31.3 Å². The van der Waals surface area contributed by atoms with Gasteiger partial charge in [-0.15, -0.1) is 11.8 Å². The third-order valence-corrected chi connectivity index (χ3v) is 16.2. The summed E-state index contributed by atoms with van der Waals surface area (Å²) < 4.78 is 49.3. The lowest BCUT2D eigenvalue weighted by atomic mass is 9.67. The summed E-state index contributed by atoms with van der Waals surface area (Å²) in [5.41, 5.74) is 4.07. The van der Waals surface area contributed by atoms with Crippen molar-refractivity contribution in [3.63, 3.8) is 0 Å². The van der Waals surface area contributed by atoms with Gasteiger partial charge < -0.3 is 14.2 Å². The summed E-state index contributed by atoms with van der Waals surface area (Å²) in [6.45, 7) is 4.19. The Hall–Kier alpha value is -5.35. The molecule has 0 fully saturated rings. The highest BCUT2D eigenvalue weighted by atomic mass is 32.2. The number of rotatable bonds is 18. The number of ether oxygens (including phenoxy) is 3. The minimum Gasteiger partial charge on any atom is -0.497 e. The maximum absolute atomic E-state index is 15.8. The molecule has 0 saturated carbocycles. The van der Waals surface area contributed by atoms with E-state index in [0.717, 1.165) is 63.3 Å². The molecule has 0 aliphatic carbocycles. The number of carbonyl (C=O) groups excluding carboxylic acids is 1. The Labute approximate surface area is 378 Å². The van der Waals surface area contributed by atoms with E-state index in [9.17, 15) is 4.79 Å². The maximum atomic E-state index is 15.8. The Morgan fingerprint density at radius 2 is 1.35 bits per heavy atom. The van der Waals surface area contributed by atoms with Crippen molar-refractivity contribution in [2.45, 2.75) is 84.9 Å². The molecule has 7 nitrogen and oxygen atoms in total. The number of esters is 1. The van der Waals surface area contributed by atoms with Crippen molar-refractivity contribution in [2.75, 3.05) is 27.1 Å². The number of hydrogen-bond acceptors (Lipinski definition) is 8. The van der Waals surface area contributed by atoms with Gasteiger partial charge in [0.2, 0.25) is 0 Å². The quantitative estimate of drug-likeness (QED) is 0.0519. The van der Waals surface area contributed by atoms with Crippen molar-refractivity contribution in [2.24, 2.45) is 5.41 Å². The fourth-order valence-electron chi connectivity index (χ4n) is 9.66. The molecule has 0 bridgehead atoms. The predicted octanol–water partition coefficient (Wildman–Crippen LogP) is 11.4. The molecule has 6 aromatic rings. The van der Waals surface area contributed by atoms with Gasteiger partial charge in [0.25, 0.3) is 0 Å². The van der Waals surface area contributed by atoms with Crippen molar-refractivity contribution < 1.29 is 27.4 Å². The zero-order valence-corrected chi connectivity index (χ0v) is 38.6. The van der Waals surface area contributed by atoms with Gasteiger partial charge in [0.1, 0.15) is 24.1 Å². The number of fused-ring (bicyclic) bond motifs is 1. The summed E-state index contributed by atoms with van der Waals surface area (Å²) in [4.78, 5) is 15.1.